The molecule has 0 fully saturated rings. The van der Waals surface area contributed by atoms with Crippen LogP contribution in [0.25, 0.3) is 10.8 Å². The van der Waals surface area contributed by atoms with Gasteiger partial charge in [0.25, 0.3) is 0 Å². The monoisotopic (exact) mass is 394 g/mol. The molecule has 1 aliphatic carbocycles. The third-order valence-electron chi connectivity index (χ3n) is 6.53. The standard InChI is InChI=1S/C27H22O3/c28-19-8-10-21-17(14-19)6-12-23-26(21)25(16-4-2-1-3-5-16)27-22-11-9-20(29)15-18(22)7-13-24(27)30-23/h1-8,10,12-14,20,25,28-29H,9,11,15H2. The van der Waals surface area contributed by atoms with Crippen molar-refractivity contribution in [2.45, 2.75) is 31.3 Å². The maximum atomic E-state index is 10.2. The smallest absolute Gasteiger partial charge is 0.132 e. The molecular formula is C27H22O3. The van der Waals surface area contributed by atoms with Gasteiger partial charge in [0.2, 0.25) is 0 Å². The highest BCUT2D eigenvalue weighted by atomic mass is 16.5. The predicted molar refractivity (Wildman–Crippen MR) is 118 cm³/mol. The van der Waals surface area contributed by atoms with E-state index in [2.05, 4.69) is 36.4 Å². The molecule has 2 N–H and O–H groups in total. The van der Waals surface area contributed by atoms with E-state index in [1.54, 1.807) is 6.07 Å². The van der Waals surface area contributed by atoms with Crippen molar-refractivity contribution in [1.82, 2.24) is 0 Å². The van der Waals surface area contributed by atoms with Gasteiger partial charge in [0, 0.05) is 17.0 Å². The number of rotatable bonds is 1. The number of aromatic hydroxyl groups is 1. The van der Waals surface area contributed by atoms with Crippen LogP contribution < -0.4 is 4.74 Å². The number of phenolic OH excluding ortho intramolecular Hbond substituents is 1. The van der Waals surface area contributed by atoms with Crippen molar-refractivity contribution in [3.8, 4) is 17.2 Å². The number of aliphatic hydroxyl groups excluding tert-OH is 1. The molecule has 3 nitrogen and oxygen atoms in total. The van der Waals surface area contributed by atoms with Gasteiger partial charge in [0.1, 0.15) is 17.2 Å². The van der Waals surface area contributed by atoms with Crippen LogP contribution in [-0.4, -0.2) is 16.3 Å². The van der Waals surface area contributed by atoms with Gasteiger partial charge in [0.05, 0.1) is 6.10 Å². The third-order valence-corrected chi connectivity index (χ3v) is 6.53. The molecule has 1 heterocycles. The fraction of sp³-hybridized carbons (Fsp3) is 0.185. The Morgan fingerprint density at radius 2 is 1.63 bits per heavy atom. The Morgan fingerprint density at radius 3 is 2.50 bits per heavy atom. The molecule has 148 valence electrons. The molecule has 2 atom stereocenters. The third kappa shape index (κ3) is 2.62. The van der Waals surface area contributed by atoms with Crippen molar-refractivity contribution < 1.29 is 14.9 Å². The number of aliphatic hydroxyl groups is 1. The van der Waals surface area contributed by atoms with Gasteiger partial charge in [-0.25, -0.2) is 0 Å². The second kappa shape index (κ2) is 6.61. The van der Waals surface area contributed by atoms with E-state index in [9.17, 15) is 10.2 Å². The fourth-order valence-corrected chi connectivity index (χ4v) is 5.20. The van der Waals surface area contributed by atoms with Crippen molar-refractivity contribution in [2.75, 3.05) is 0 Å². The summed E-state index contributed by atoms with van der Waals surface area (Å²) in [5.74, 6) is 2.08. The zero-order valence-corrected chi connectivity index (χ0v) is 16.5. The van der Waals surface area contributed by atoms with E-state index in [1.807, 2.05) is 30.3 Å². The molecule has 4 aromatic carbocycles. The minimum Gasteiger partial charge on any atom is -0.508 e. The number of hydrogen-bond acceptors (Lipinski definition) is 3. The lowest BCUT2D eigenvalue weighted by atomic mass is 9.75. The van der Waals surface area contributed by atoms with Gasteiger partial charge in [-0.3, -0.25) is 0 Å². The summed E-state index contributed by atoms with van der Waals surface area (Å²) < 4.78 is 6.44. The maximum Gasteiger partial charge on any atom is 0.132 e. The lowest BCUT2D eigenvalue weighted by molar-refractivity contribution is 0.158. The average molecular weight is 394 g/mol. The summed E-state index contributed by atoms with van der Waals surface area (Å²) in [6, 6.07) is 24.3. The zero-order chi connectivity index (χ0) is 20.2. The summed E-state index contributed by atoms with van der Waals surface area (Å²) >= 11 is 0. The molecule has 1 aliphatic heterocycles. The Balaban J connectivity index is 1.68. The van der Waals surface area contributed by atoms with Crippen molar-refractivity contribution in [2.24, 2.45) is 0 Å². The van der Waals surface area contributed by atoms with Crippen LogP contribution in [0.1, 0.15) is 40.2 Å². The molecule has 3 heteroatoms. The van der Waals surface area contributed by atoms with Gasteiger partial charge >= 0.3 is 0 Å². The zero-order valence-electron chi connectivity index (χ0n) is 16.5. The molecule has 0 bridgehead atoms. The molecule has 0 saturated carbocycles. The maximum absolute atomic E-state index is 10.2. The lowest BCUT2D eigenvalue weighted by Crippen LogP contribution is -2.23. The molecule has 2 aliphatic rings. The first-order chi connectivity index (χ1) is 14.7. The van der Waals surface area contributed by atoms with Gasteiger partial charge in [-0.15, -0.1) is 0 Å². The van der Waals surface area contributed by atoms with Crippen LogP contribution in [0.3, 0.4) is 0 Å². The highest BCUT2D eigenvalue weighted by molar-refractivity contribution is 5.91. The molecule has 2 unspecified atom stereocenters. The van der Waals surface area contributed by atoms with Crippen LogP contribution in [0.2, 0.25) is 0 Å². The first kappa shape index (κ1) is 17.5. The molecule has 0 spiro atoms. The number of ether oxygens (including phenoxy) is 1. The summed E-state index contributed by atoms with van der Waals surface area (Å²) in [5.41, 5.74) is 6.12. The van der Waals surface area contributed by atoms with Crippen molar-refractivity contribution in [1.29, 1.82) is 0 Å². The molecule has 4 aromatic rings. The van der Waals surface area contributed by atoms with E-state index in [1.165, 1.54) is 22.3 Å². The Morgan fingerprint density at radius 1 is 0.833 bits per heavy atom. The molecule has 0 amide bonds. The molecule has 0 aromatic heterocycles. The largest absolute Gasteiger partial charge is 0.508 e. The van der Waals surface area contributed by atoms with Gasteiger partial charge in [-0.1, -0.05) is 48.5 Å². The Hall–Kier alpha value is -3.30. The summed E-state index contributed by atoms with van der Waals surface area (Å²) in [6.07, 6.45) is 2.06. The summed E-state index contributed by atoms with van der Waals surface area (Å²) in [7, 11) is 0. The first-order valence-corrected chi connectivity index (χ1v) is 10.5. The predicted octanol–water partition coefficient (Wildman–Crippen LogP) is 5.68. The van der Waals surface area contributed by atoms with Crippen LogP contribution >= 0.6 is 0 Å². The topological polar surface area (TPSA) is 49.7 Å². The Labute approximate surface area is 175 Å². The quantitative estimate of drug-likeness (QED) is 0.384. The minimum atomic E-state index is -0.272. The minimum absolute atomic E-state index is 0.0448. The molecular weight excluding hydrogens is 372 g/mol. The van der Waals surface area contributed by atoms with E-state index in [0.29, 0.717) is 6.42 Å². The van der Waals surface area contributed by atoms with Gasteiger partial charge in [-0.05, 0) is 71.0 Å². The second-order valence-electron chi connectivity index (χ2n) is 8.34. The van der Waals surface area contributed by atoms with E-state index < -0.39 is 0 Å². The second-order valence-corrected chi connectivity index (χ2v) is 8.34. The highest BCUT2D eigenvalue weighted by Crippen LogP contribution is 2.52. The molecule has 30 heavy (non-hydrogen) atoms. The summed E-state index contributed by atoms with van der Waals surface area (Å²) in [6.45, 7) is 0. The summed E-state index contributed by atoms with van der Waals surface area (Å²) in [4.78, 5) is 0. The van der Waals surface area contributed by atoms with Crippen molar-refractivity contribution >= 4 is 10.8 Å². The van der Waals surface area contributed by atoms with E-state index in [-0.39, 0.29) is 17.8 Å². The van der Waals surface area contributed by atoms with Crippen LogP contribution in [-0.2, 0) is 12.8 Å². The number of fused-ring (bicyclic) bond motifs is 6. The van der Waals surface area contributed by atoms with Gasteiger partial charge < -0.3 is 14.9 Å². The van der Waals surface area contributed by atoms with E-state index >= 15 is 0 Å². The van der Waals surface area contributed by atoms with Crippen molar-refractivity contribution in [3.63, 3.8) is 0 Å². The van der Waals surface area contributed by atoms with Gasteiger partial charge in [-0.2, -0.15) is 0 Å². The number of hydrogen-bond donors (Lipinski definition) is 2. The Kier molecular flexibility index (Phi) is 3.87. The van der Waals surface area contributed by atoms with Crippen LogP contribution in [0.15, 0.2) is 72.8 Å². The molecule has 0 radical (unpaired) electrons. The number of phenols is 1. The summed E-state index contributed by atoms with van der Waals surface area (Å²) in [5, 5.41) is 22.3. The normalized spacial score (nSPS) is 19.5. The first-order valence-electron chi connectivity index (χ1n) is 10.5. The SMILES string of the molecule is Oc1ccc2c3c(ccc2c1)Oc1ccc2c(c1C3c1ccccc1)CCC(O)C2. The Bertz CT molecular complexity index is 1280. The van der Waals surface area contributed by atoms with Crippen LogP contribution in [0.4, 0.5) is 0 Å². The average Bonchev–Trinajstić information content (AvgIpc) is 2.77. The molecule has 6 rings (SSSR count). The number of benzene rings is 4. The van der Waals surface area contributed by atoms with E-state index in [4.69, 9.17) is 4.74 Å². The molecule has 0 saturated heterocycles. The lowest BCUT2D eigenvalue weighted by Gasteiger charge is -2.34. The van der Waals surface area contributed by atoms with Crippen molar-refractivity contribution in [3.05, 3.63) is 101 Å². The van der Waals surface area contributed by atoms with E-state index in [0.717, 1.165) is 40.7 Å². The van der Waals surface area contributed by atoms with Gasteiger partial charge in [0.15, 0.2) is 0 Å². The van der Waals surface area contributed by atoms with Crippen LogP contribution in [0.5, 0.6) is 17.2 Å². The van der Waals surface area contributed by atoms with Crippen LogP contribution in [0, 0.1) is 0 Å². The highest BCUT2D eigenvalue weighted by Gasteiger charge is 2.34. The fourth-order valence-electron chi connectivity index (χ4n) is 5.20.